The van der Waals surface area contributed by atoms with E-state index in [4.69, 9.17) is 9.47 Å². The molecule has 9 heteroatoms. The lowest BCUT2D eigenvalue weighted by atomic mass is 10.1. The second kappa shape index (κ2) is 12.7. The zero-order valence-corrected chi connectivity index (χ0v) is 18.6. The van der Waals surface area contributed by atoms with E-state index in [-0.39, 0.29) is 26.0 Å². The van der Waals surface area contributed by atoms with Crippen LogP contribution in [0.25, 0.3) is 0 Å². The monoisotopic (exact) mass is 492 g/mol. The maximum atomic E-state index is 12.3. The smallest absolute Gasteiger partial charge is 0.407 e. The number of alkyl carbamates (subject to hydrolysis) is 1. The molecule has 2 aromatic rings. The van der Waals surface area contributed by atoms with Crippen molar-refractivity contribution in [3.05, 3.63) is 70.2 Å². The maximum Gasteiger partial charge on any atom is 0.407 e. The molecular weight excluding hydrogens is 468 g/mol. The first-order valence-corrected chi connectivity index (χ1v) is 10.4. The van der Waals surface area contributed by atoms with Crippen molar-refractivity contribution in [3.63, 3.8) is 0 Å². The summed E-state index contributed by atoms with van der Waals surface area (Å²) in [4.78, 5) is 36.0. The van der Waals surface area contributed by atoms with Crippen molar-refractivity contribution in [2.45, 2.75) is 31.6 Å². The predicted molar refractivity (Wildman–Crippen MR) is 117 cm³/mol. The number of hydrogen-bond donors (Lipinski definition) is 3. The number of aliphatic hydroxyl groups excluding tert-OH is 1. The number of methoxy groups -OCH3 is 1. The summed E-state index contributed by atoms with van der Waals surface area (Å²) < 4.78 is 10.7. The molecule has 0 aliphatic heterocycles. The number of hydrogen-bond acceptors (Lipinski definition) is 6. The van der Waals surface area contributed by atoms with Gasteiger partial charge in [-0.15, -0.1) is 0 Å². The van der Waals surface area contributed by atoms with Crippen molar-refractivity contribution < 1.29 is 29.0 Å². The Morgan fingerprint density at radius 2 is 1.77 bits per heavy atom. The third-order valence-corrected chi connectivity index (χ3v) is 4.76. The number of aliphatic hydroxyl groups is 1. The van der Waals surface area contributed by atoms with Crippen LogP contribution in [-0.4, -0.2) is 48.9 Å². The van der Waals surface area contributed by atoms with Crippen molar-refractivity contribution in [2.75, 3.05) is 13.7 Å². The van der Waals surface area contributed by atoms with Crippen molar-refractivity contribution in [2.24, 2.45) is 0 Å². The summed E-state index contributed by atoms with van der Waals surface area (Å²) in [7, 11) is 1.24. The molecule has 0 heterocycles. The van der Waals surface area contributed by atoms with E-state index < -0.39 is 30.1 Å². The van der Waals surface area contributed by atoms with Crippen LogP contribution in [0.2, 0.25) is 0 Å². The largest absolute Gasteiger partial charge is 0.467 e. The van der Waals surface area contributed by atoms with Gasteiger partial charge in [0.1, 0.15) is 12.6 Å². The van der Waals surface area contributed by atoms with Crippen molar-refractivity contribution in [3.8, 4) is 0 Å². The average Bonchev–Trinajstić information content (AvgIpc) is 2.76. The van der Waals surface area contributed by atoms with Crippen LogP contribution in [0.5, 0.6) is 0 Å². The lowest BCUT2D eigenvalue weighted by Gasteiger charge is -2.18. The topological polar surface area (TPSA) is 114 Å². The maximum absolute atomic E-state index is 12.3. The zero-order chi connectivity index (χ0) is 22.6. The first-order valence-electron chi connectivity index (χ1n) is 9.61. The lowest BCUT2D eigenvalue weighted by molar-refractivity contribution is -0.145. The molecule has 166 valence electrons. The van der Waals surface area contributed by atoms with Crippen LogP contribution < -0.4 is 10.6 Å². The molecule has 2 amide bonds. The Balaban J connectivity index is 1.77. The third-order valence-electron chi connectivity index (χ3n) is 4.27. The van der Waals surface area contributed by atoms with Gasteiger partial charge in [0.25, 0.3) is 0 Å². The highest BCUT2D eigenvalue weighted by molar-refractivity contribution is 9.10. The fourth-order valence-electron chi connectivity index (χ4n) is 2.75. The summed E-state index contributed by atoms with van der Waals surface area (Å²) in [6, 6.07) is 15.6. The Hall–Kier alpha value is -2.91. The highest BCUT2D eigenvalue weighted by Gasteiger charge is 2.23. The number of rotatable bonds is 10. The Morgan fingerprint density at radius 3 is 2.45 bits per heavy atom. The van der Waals surface area contributed by atoms with Gasteiger partial charge < -0.3 is 25.2 Å². The summed E-state index contributed by atoms with van der Waals surface area (Å²) in [5, 5.41) is 15.0. The molecule has 0 unspecified atom stereocenters. The molecule has 31 heavy (non-hydrogen) atoms. The SMILES string of the molecule is COC(=O)[C@@H](Cc1cccc(Br)c1)NC(=O)C[C@@H](O)CNC(=O)OCc1ccccc1. The number of ether oxygens (including phenoxy) is 2. The molecule has 2 atom stereocenters. The summed E-state index contributed by atoms with van der Waals surface area (Å²) in [6.45, 7) is -0.0742. The van der Waals surface area contributed by atoms with E-state index in [0.29, 0.717) is 0 Å². The van der Waals surface area contributed by atoms with Crippen LogP contribution in [0.3, 0.4) is 0 Å². The molecule has 0 fully saturated rings. The van der Waals surface area contributed by atoms with Gasteiger partial charge in [0.15, 0.2) is 0 Å². The van der Waals surface area contributed by atoms with Gasteiger partial charge >= 0.3 is 12.1 Å². The Morgan fingerprint density at radius 1 is 1.06 bits per heavy atom. The van der Waals surface area contributed by atoms with Gasteiger partial charge in [0.2, 0.25) is 5.91 Å². The van der Waals surface area contributed by atoms with E-state index in [9.17, 15) is 19.5 Å². The third kappa shape index (κ3) is 9.18. The van der Waals surface area contributed by atoms with Crippen LogP contribution >= 0.6 is 15.9 Å². The second-order valence-corrected chi connectivity index (χ2v) is 7.69. The van der Waals surface area contributed by atoms with E-state index >= 15 is 0 Å². The summed E-state index contributed by atoms with van der Waals surface area (Å²) in [5.74, 6) is -1.14. The normalized spacial score (nSPS) is 12.4. The molecule has 0 aliphatic rings. The summed E-state index contributed by atoms with van der Waals surface area (Å²) >= 11 is 3.36. The molecule has 0 aliphatic carbocycles. The number of nitrogens with one attached hydrogen (secondary N) is 2. The minimum atomic E-state index is -1.14. The molecule has 0 radical (unpaired) electrons. The molecular formula is C22H25BrN2O6. The van der Waals surface area contributed by atoms with Gasteiger partial charge in [-0.05, 0) is 23.3 Å². The summed E-state index contributed by atoms with van der Waals surface area (Å²) in [5.41, 5.74) is 1.66. The second-order valence-electron chi connectivity index (χ2n) is 6.78. The van der Waals surface area contributed by atoms with E-state index in [1.54, 1.807) is 0 Å². The van der Waals surface area contributed by atoms with Crippen LogP contribution in [-0.2, 0) is 32.1 Å². The first kappa shape index (κ1) is 24.4. The lowest BCUT2D eigenvalue weighted by Crippen LogP contribution is -2.45. The zero-order valence-electron chi connectivity index (χ0n) is 17.0. The highest BCUT2D eigenvalue weighted by Crippen LogP contribution is 2.13. The number of amides is 2. The van der Waals surface area contributed by atoms with Gasteiger partial charge in [-0.3, -0.25) is 4.79 Å². The predicted octanol–water partition coefficient (Wildman–Crippen LogP) is 2.33. The molecule has 8 nitrogen and oxygen atoms in total. The molecule has 0 bridgehead atoms. The van der Waals surface area contributed by atoms with Gasteiger partial charge in [-0.1, -0.05) is 58.4 Å². The van der Waals surface area contributed by atoms with Gasteiger partial charge in [0.05, 0.1) is 19.6 Å². The minimum absolute atomic E-state index is 0.0969. The Bertz CT molecular complexity index is 877. The fourth-order valence-corrected chi connectivity index (χ4v) is 3.20. The molecule has 2 rings (SSSR count). The van der Waals surface area contributed by atoms with Gasteiger partial charge in [-0.2, -0.15) is 0 Å². The molecule has 0 saturated carbocycles. The van der Waals surface area contributed by atoms with Crippen molar-refractivity contribution in [1.82, 2.24) is 10.6 Å². The van der Waals surface area contributed by atoms with Crippen molar-refractivity contribution in [1.29, 1.82) is 0 Å². The minimum Gasteiger partial charge on any atom is -0.467 e. The van der Waals surface area contributed by atoms with Crippen LogP contribution in [0, 0.1) is 0 Å². The quantitative estimate of drug-likeness (QED) is 0.438. The number of halogens is 1. The van der Waals surface area contributed by atoms with E-state index in [1.807, 2.05) is 54.6 Å². The Labute approximate surface area is 189 Å². The summed E-state index contributed by atoms with van der Waals surface area (Å²) in [6.07, 6.45) is -1.91. The molecule has 2 aromatic carbocycles. The number of carbonyl (C=O) groups excluding carboxylic acids is 3. The number of carbonyl (C=O) groups is 3. The molecule has 0 aromatic heterocycles. The van der Waals surface area contributed by atoms with Gasteiger partial charge in [0, 0.05) is 17.4 Å². The first-order chi connectivity index (χ1) is 14.9. The molecule has 0 saturated heterocycles. The molecule has 3 N–H and O–H groups in total. The Kier molecular flexibility index (Phi) is 9.99. The van der Waals surface area contributed by atoms with E-state index in [1.165, 1.54) is 7.11 Å². The fraction of sp³-hybridized carbons (Fsp3) is 0.318. The van der Waals surface area contributed by atoms with Crippen LogP contribution in [0.1, 0.15) is 17.5 Å². The van der Waals surface area contributed by atoms with Crippen LogP contribution in [0.15, 0.2) is 59.1 Å². The average molecular weight is 493 g/mol. The van der Waals surface area contributed by atoms with E-state index in [2.05, 4.69) is 26.6 Å². The number of esters is 1. The standard InChI is InChI=1S/C22H25BrN2O6/c1-30-21(28)19(11-16-8-5-9-17(23)10-16)25-20(27)12-18(26)13-24-22(29)31-14-15-6-3-2-4-7-15/h2-10,18-19,26H,11-14H2,1H3,(H,24,29)(H,25,27)/t18-,19-/m1/s1. The molecule has 0 spiro atoms. The van der Waals surface area contributed by atoms with Gasteiger partial charge in [-0.25, -0.2) is 9.59 Å². The number of benzene rings is 2. The highest BCUT2D eigenvalue weighted by atomic mass is 79.9. The van der Waals surface area contributed by atoms with E-state index in [0.717, 1.165) is 15.6 Å². The van der Waals surface area contributed by atoms with Crippen molar-refractivity contribution >= 4 is 33.9 Å². The van der Waals surface area contributed by atoms with Crippen LogP contribution in [0.4, 0.5) is 4.79 Å².